The summed E-state index contributed by atoms with van der Waals surface area (Å²) in [5.41, 5.74) is 1.69. The molecule has 0 saturated carbocycles. The second kappa shape index (κ2) is 6.66. The van der Waals surface area contributed by atoms with Gasteiger partial charge >= 0.3 is 5.97 Å². The van der Waals surface area contributed by atoms with Crippen molar-refractivity contribution in [2.24, 2.45) is 5.10 Å². The highest BCUT2D eigenvalue weighted by Gasteiger charge is 2.32. The maximum atomic E-state index is 12.7. The molecular formula is C16H15N3O3S2. The number of carbonyl (C=O) groups excluding carboxylic acids is 2. The van der Waals surface area contributed by atoms with Crippen LogP contribution in [-0.4, -0.2) is 29.2 Å². The Kier molecular flexibility index (Phi) is 4.59. The number of esters is 1. The summed E-state index contributed by atoms with van der Waals surface area (Å²) in [5.74, 6) is -0.675. The monoisotopic (exact) mass is 361 g/mol. The van der Waals surface area contributed by atoms with E-state index in [1.165, 1.54) is 5.01 Å². The first-order chi connectivity index (χ1) is 11.5. The number of hydrogen-bond acceptors (Lipinski definition) is 7. The van der Waals surface area contributed by atoms with Gasteiger partial charge in [0.1, 0.15) is 4.88 Å². The zero-order valence-electron chi connectivity index (χ0n) is 13.4. The second-order valence-electron chi connectivity index (χ2n) is 5.01. The number of nitrogens with zero attached hydrogens (tertiary/aromatic N) is 3. The number of aromatic nitrogens is 1. The number of carbonyl (C=O) groups is 2. The van der Waals surface area contributed by atoms with Gasteiger partial charge in [0.05, 0.1) is 23.6 Å². The second-order valence-corrected chi connectivity index (χ2v) is 6.96. The molecule has 8 heteroatoms. The van der Waals surface area contributed by atoms with Crippen LogP contribution in [0.5, 0.6) is 0 Å². The average molecular weight is 361 g/mol. The molecule has 2 aromatic heterocycles. The van der Waals surface area contributed by atoms with Gasteiger partial charge in [-0.3, -0.25) is 4.79 Å². The van der Waals surface area contributed by atoms with Gasteiger partial charge in [-0.25, -0.2) is 9.78 Å². The van der Waals surface area contributed by atoms with Gasteiger partial charge in [-0.15, -0.1) is 11.3 Å². The van der Waals surface area contributed by atoms with Crippen molar-refractivity contribution in [2.75, 3.05) is 11.6 Å². The van der Waals surface area contributed by atoms with Gasteiger partial charge in [0.2, 0.25) is 5.13 Å². The fourth-order valence-corrected chi connectivity index (χ4v) is 3.76. The minimum atomic E-state index is -0.430. The first-order valence-corrected chi connectivity index (χ1v) is 9.00. The van der Waals surface area contributed by atoms with Crippen LogP contribution in [0, 0.1) is 6.92 Å². The number of hydrogen-bond donors (Lipinski definition) is 0. The van der Waals surface area contributed by atoms with Gasteiger partial charge in [0.25, 0.3) is 5.91 Å². The summed E-state index contributed by atoms with van der Waals surface area (Å²) in [4.78, 5) is 30.3. The lowest BCUT2D eigenvalue weighted by atomic mass is 10.1. The fraction of sp³-hybridized carbons (Fsp3) is 0.250. The normalized spacial score (nSPS) is 16.0. The van der Waals surface area contributed by atoms with E-state index in [9.17, 15) is 9.59 Å². The molecule has 3 rings (SSSR count). The molecule has 0 radical (unpaired) electrons. The number of amides is 1. The van der Waals surface area contributed by atoms with Crippen molar-refractivity contribution in [2.45, 2.75) is 20.8 Å². The lowest BCUT2D eigenvalue weighted by Gasteiger charge is -2.06. The third-order valence-electron chi connectivity index (χ3n) is 3.32. The van der Waals surface area contributed by atoms with Crippen LogP contribution in [0.4, 0.5) is 5.13 Å². The third-order valence-corrected chi connectivity index (χ3v) is 5.25. The summed E-state index contributed by atoms with van der Waals surface area (Å²) in [7, 11) is 0. The Morgan fingerprint density at radius 2 is 2.21 bits per heavy atom. The van der Waals surface area contributed by atoms with E-state index in [0.29, 0.717) is 33.6 Å². The largest absolute Gasteiger partial charge is 0.462 e. The van der Waals surface area contributed by atoms with Crippen LogP contribution in [-0.2, 0) is 9.53 Å². The van der Waals surface area contributed by atoms with Crippen LogP contribution in [0.2, 0.25) is 0 Å². The van der Waals surface area contributed by atoms with Crippen molar-refractivity contribution in [1.29, 1.82) is 0 Å². The van der Waals surface area contributed by atoms with Crippen LogP contribution < -0.4 is 5.01 Å². The van der Waals surface area contributed by atoms with Crippen molar-refractivity contribution in [1.82, 2.24) is 4.98 Å². The molecular weight excluding hydrogens is 346 g/mol. The third kappa shape index (κ3) is 3.02. The molecule has 0 fully saturated rings. The predicted octanol–water partition coefficient (Wildman–Crippen LogP) is 3.50. The highest BCUT2D eigenvalue weighted by atomic mass is 32.1. The molecule has 0 spiro atoms. The van der Waals surface area contributed by atoms with Crippen molar-refractivity contribution in [3.8, 4) is 0 Å². The molecule has 2 aromatic rings. The van der Waals surface area contributed by atoms with Crippen LogP contribution in [0.25, 0.3) is 6.08 Å². The van der Waals surface area contributed by atoms with Crippen molar-refractivity contribution < 1.29 is 14.3 Å². The average Bonchev–Trinajstić information content (AvgIpc) is 3.24. The highest BCUT2D eigenvalue weighted by Crippen LogP contribution is 2.31. The molecule has 0 aromatic carbocycles. The van der Waals surface area contributed by atoms with Crippen LogP contribution in [0.15, 0.2) is 28.2 Å². The van der Waals surface area contributed by atoms with Crippen molar-refractivity contribution in [3.05, 3.63) is 38.5 Å². The molecule has 0 N–H and O–H groups in total. The summed E-state index contributed by atoms with van der Waals surface area (Å²) >= 11 is 2.66. The molecule has 0 saturated heterocycles. The summed E-state index contributed by atoms with van der Waals surface area (Å²) in [6.07, 6.45) is 1.82. The Balaban J connectivity index is 1.90. The van der Waals surface area contributed by atoms with Gasteiger partial charge in [0.15, 0.2) is 0 Å². The molecule has 3 heterocycles. The van der Waals surface area contributed by atoms with Crippen molar-refractivity contribution >= 4 is 51.5 Å². The van der Waals surface area contributed by atoms with Crippen LogP contribution >= 0.6 is 22.7 Å². The van der Waals surface area contributed by atoms with Gasteiger partial charge in [-0.05, 0) is 38.3 Å². The number of thiophene rings is 1. The summed E-state index contributed by atoms with van der Waals surface area (Å²) < 4.78 is 5.01. The van der Waals surface area contributed by atoms with Gasteiger partial charge in [0, 0.05) is 4.88 Å². The molecule has 24 heavy (non-hydrogen) atoms. The quantitative estimate of drug-likeness (QED) is 0.617. The SMILES string of the molecule is CCOC(=O)c1sc(N2N=C(C)C(=Cc3cccs3)C2=O)nc1C. The zero-order valence-corrected chi connectivity index (χ0v) is 15.0. The number of thiazole rings is 1. The summed E-state index contributed by atoms with van der Waals surface area (Å²) in [6, 6.07) is 3.86. The Morgan fingerprint density at radius 3 is 2.88 bits per heavy atom. The summed E-state index contributed by atoms with van der Waals surface area (Å²) in [5, 5.41) is 7.86. The molecule has 1 aliphatic heterocycles. The molecule has 0 atom stereocenters. The Hall–Kier alpha value is -2.32. The van der Waals surface area contributed by atoms with E-state index < -0.39 is 5.97 Å². The molecule has 0 bridgehead atoms. The van der Waals surface area contributed by atoms with Gasteiger partial charge in [-0.1, -0.05) is 17.4 Å². The minimum absolute atomic E-state index is 0.245. The van der Waals surface area contributed by atoms with E-state index in [4.69, 9.17) is 4.74 Å². The first kappa shape index (κ1) is 16.5. The molecule has 0 unspecified atom stereocenters. The summed E-state index contributed by atoms with van der Waals surface area (Å²) in [6.45, 7) is 5.53. The van der Waals surface area contributed by atoms with Crippen LogP contribution in [0.3, 0.4) is 0 Å². The number of anilines is 1. The molecule has 6 nitrogen and oxygen atoms in total. The molecule has 0 aliphatic carbocycles. The Morgan fingerprint density at radius 1 is 1.42 bits per heavy atom. The standard InChI is InChI=1S/C16H15N3O3S2/c1-4-22-15(21)13-10(3)17-16(24-13)19-14(20)12(9(2)18-19)8-11-6-5-7-23-11/h5-8H,4H2,1-3H3. The van der Waals surface area contributed by atoms with Gasteiger partial charge in [-0.2, -0.15) is 10.1 Å². The maximum absolute atomic E-state index is 12.7. The highest BCUT2D eigenvalue weighted by molar-refractivity contribution is 7.17. The molecule has 1 aliphatic rings. The van der Waals surface area contributed by atoms with Gasteiger partial charge < -0.3 is 4.74 Å². The topological polar surface area (TPSA) is 71.9 Å². The van der Waals surface area contributed by atoms with E-state index in [-0.39, 0.29) is 5.91 Å². The number of hydrazone groups is 1. The zero-order chi connectivity index (χ0) is 17.3. The van der Waals surface area contributed by atoms with Crippen LogP contribution in [0.1, 0.15) is 34.1 Å². The number of rotatable bonds is 4. The number of ether oxygens (including phenoxy) is 1. The first-order valence-electron chi connectivity index (χ1n) is 7.31. The lowest BCUT2D eigenvalue weighted by Crippen LogP contribution is -2.21. The van der Waals surface area contributed by atoms with E-state index in [2.05, 4.69) is 10.1 Å². The minimum Gasteiger partial charge on any atom is -0.462 e. The number of aryl methyl sites for hydroxylation is 1. The van der Waals surface area contributed by atoms with E-state index in [1.807, 2.05) is 23.6 Å². The van der Waals surface area contributed by atoms with E-state index in [1.54, 1.807) is 32.1 Å². The fourth-order valence-electron chi connectivity index (χ4n) is 2.19. The molecule has 1 amide bonds. The Labute approximate surface area is 147 Å². The maximum Gasteiger partial charge on any atom is 0.350 e. The van der Waals surface area contributed by atoms with E-state index in [0.717, 1.165) is 16.2 Å². The van der Waals surface area contributed by atoms with E-state index >= 15 is 0 Å². The molecule has 124 valence electrons. The predicted molar refractivity (Wildman–Crippen MR) is 95.7 cm³/mol. The Bertz CT molecular complexity index is 850. The smallest absolute Gasteiger partial charge is 0.350 e. The van der Waals surface area contributed by atoms with Crippen molar-refractivity contribution in [3.63, 3.8) is 0 Å². The lowest BCUT2D eigenvalue weighted by molar-refractivity contribution is -0.114.